The average Bonchev–Trinajstić information content (AvgIpc) is 2.71. The molecule has 1 amide bonds. The molecule has 1 N–H and O–H groups in total. The normalized spacial score (nSPS) is 17.7. The summed E-state index contributed by atoms with van der Waals surface area (Å²) < 4.78 is 32.7. The van der Waals surface area contributed by atoms with Gasteiger partial charge < -0.3 is 15.0 Å². The van der Waals surface area contributed by atoms with Crippen LogP contribution >= 0.6 is 0 Å². The Morgan fingerprint density at radius 3 is 2.72 bits per heavy atom. The predicted molar refractivity (Wildman–Crippen MR) is 115 cm³/mol. The average molecular weight is 462 g/mol. The maximum Gasteiger partial charge on any atom is 0.308 e. The highest BCUT2D eigenvalue weighted by atomic mass is 32.2. The van der Waals surface area contributed by atoms with Gasteiger partial charge in [-0.1, -0.05) is 18.2 Å². The molecule has 3 rings (SSSR count). The second-order valence-electron chi connectivity index (χ2n) is 7.40. The summed E-state index contributed by atoms with van der Waals surface area (Å²) in [6.45, 7) is 3.45. The summed E-state index contributed by atoms with van der Waals surface area (Å²) in [5.41, 5.74) is -0.183. The summed E-state index contributed by atoms with van der Waals surface area (Å²) in [6, 6.07) is 4.65. The molecule has 1 aromatic carbocycles. The molecule has 0 saturated heterocycles. The fourth-order valence-electron chi connectivity index (χ4n) is 3.29. The van der Waals surface area contributed by atoms with Crippen molar-refractivity contribution in [3.8, 4) is 0 Å². The van der Waals surface area contributed by atoms with Crippen LogP contribution < -0.4 is 5.32 Å². The van der Waals surface area contributed by atoms with E-state index in [1.165, 1.54) is 29.2 Å². The summed E-state index contributed by atoms with van der Waals surface area (Å²) in [5, 5.41) is 14.1. The number of amides is 1. The van der Waals surface area contributed by atoms with Crippen molar-refractivity contribution in [3.05, 3.63) is 63.9 Å². The van der Waals surface area contributed by atoms with E-state index in [4.69, 9.17) is 4.74 Å². The molecular weight excluding hydrogens is 440 g/mol. The van der Waals surface area contributed by atoms with Crippen molar-refractivity contribution >= 4 is 33.4 Å². The molecular formula is C20H22N4O7S. The maximum absolute atomic E-state index is 13.1. The second kappa shape index (κ2) is 9.30. The van der Waals surface area contributed by atoms with E-state index < -0.39 is 39.0 Å². The van der Waals surface area contributed by atoms with Crippen molar-refractivity contribution in [2.24, 2.45) is 4.40 Å². The monoisotopic (exact) mass is 462 g/mol. The maximum atomic E-state index is 13.1. The minimum absolute atomic E-state index is 0.0309. The van der Waals surface area contributed by atoms with Gasteiger partial charge in [0, 0.05) is 18.8 Å². The number of nitrogens with one attached hydrogen (secondary N) is 1. The van der Waals surface area contributed by atoms with Crippen molar-refractivity contribution in [2.45, 2.75) is 32.4 Å². The van der Waals surface area contributed by atoms with Gasteiger partial charge >= 0.3 is 5.97 Å². The van der Waals surface area contributed by atoms with E-state index in [-0.39, 0.29) is 41.4 Å². The standard InChI is InChI=1S/C20H22N4O7S/c1-13(2)31-18(25)12-16(14-6-3-4-8-17(14)24(27)28)21-20(26)15-7-5-9-23-10-11-32(29,30)22-19(15)23/h3-9,13,16H,10-12H2,1-2H3,(H,21,26). The zero-order chi connectivity index (χ0) is 23.5. The van der Waals surface area contributed by atoms with Crippen molar-refractivity contribution in [1.82, 2.24) is 10.2 Å². The zero-order valence-corrected chi connectivity index (χ0v) is 18.2. The van der Waals surface area contributed by atoms with E-state index in [0.717, 1.165) is 0 Å². The molecule has 0 saturated carbocycles. The molecule has 1 aromatic rings. The number of nitro groups is 1. The molecule has 0 aliphatic carbocycles. The van der Waals surface area contributed by atoms with Crippen molar-refractivity contribution in [2.75, 3.05) is 12.3 Å². The first-order valence-electron chi connectivity index (χ1n) is 9.79. The van der Waals surface area contributed by atoms with Crippen LogP contribution in [0.1, 0.15) is 31.9 Å². The Balaban J connectivity index is 1.94. The number of amidine groups is 1. The number of hydrogen-bond donors (Lipinski definition) is 1. The number of nitro benzene ring substituents is 1. The predicted octanol–water partition coefficient (Wildman–Crippen LogP) is 1.59. The van der Waals surface area contributed by atoms with Gasteiger partial charge in [0.2, 0.25) is 0 Å². The Bertz CT molecular complexity index is 1140. The molecule has 2 aliphatic rings. The van der Waals surface area contributed by atoms with Crippen LogP contribution in [0.3, 0.4) is 0 Å². The van der Waals surface area contributed by atoms with E-state index in [1.807, 2.05) is 0 Å². The van der Waals surface area contributed by atoms with Gasteiger partial charge in [-0.05, 0) is 26.0 Å². The number of nitrogens with zero attached hydrogens (tertiary/aromatic N) is 3. The largest absolute Gasteiger partial charge is 0.463 e. The van der Waals surface area contributed by atoms with Crippen molar-refractivity contribution < 1.29 is 27.7 Å². The Labute approximate surface area is 184 Å². The highest BCUT2D eigenvalue weighted by molar-refractivity contribution is 7.90. The molecule has 0 aromatic heterocycles. The van der Waals surface area contributed by atoms with Crippen molar-refractivity contribution in [1.29, 1.82) is 0 Å². The van der Waals surface area contributed by atoms with Gasteiger partial charge in [-0.3, -0.25) is 19.7 Å². The molecule has 2 aliphatic heterocycles. The van der Waals surface area contributed by atoms with Crippen LogP contribution in [0.5, 0.6) is 0 Å². The Morgan fingerprint density at radius 2 is 2.03 bits per heavy atom. The van der Waals surface area contributed by atoms with E-state index in [0.29, 0.717) is 0 Å². The second-order valence-corrected chi connectivity index (χ2v) is 9.16. The smallest absolute Gasteiger partial charge is 0.308 e. The third-order valence-electron chi connectivity index (χ3n) is 4.65. The Hall–Kier alpha value is -3.54. The fourth-order valence-corrected chi connectivity index (χ4v) is 4.28. The summed E-state index contributed by atoms with van der Waals surface area (Å²) in [4.78, 5) is 37.8. The number of para-hydroxylation sites is 1. The number of fused-ring (bicyclic) bond motifs is 1. The highest BCUT2D eigenvalue weighted by Crippen LogP contribution is 2.28. The number of allylic oxidation sites excluding steroid dienone is 2. The molecule has 0 radical (unpaired) electrons. The number of carbonyl (C=O) groups is 2. The van der Waals surface area contributed by atoms with Gasteiger partial charge in [-0.15, -0.1) is 4.40 Å². The molecule has 2 heterocycles. The SMILES string of the molecule is CC(C)OC(=O)CC(NC(=O)C1=CC=CN2CCS(=O)(=O)N=C12)c1ccccc1[N+](=O)[O-]. The van der Waals surface area contributed by atoms with Gasteiger partial charge in [0.05, 0.1) is 40.4 Å². The van der Waals surface area contributed by atoms with Gasteiger partial charge in [0.1, 0.15) is 0 Å². The van der Waals surface area contributed by atoms with Gasteiger partial charge in [0.15, 0.2) is 5.84 Å². The summed E-state index contributed by atoms with van der Waals surface area (Å²) in [5.74, 6) is -1.60. The Morgan fingerprint density at radius 1 is 1.31 bits per heavy atom. The number of esters is 1. The molecule has 11 nitrogen and oxygen atoms in total. The lowest BCUT2D eigenvalue weighted by atomic mass is 10.0. The molecule has 1 unspecified atom stereocenters. The molecule has 0 bridgehead atoms. The van der Waals surface area contributed by atoms with E-state index in [9.17, 15) is 28.1 Å². The molecule has 1 atom stereocenters. The molecule has 0 spiro atoms. The lowest BCUT2D eigenvalue weighted by Gasteiger charge is -2.29. The summed E-state index contributed by atoms with van der Waals surface area (Å²) in [7, 11) is -3.72. The van der Waals surface area contributed by atoms with Crippen LogP contribution in [-0.2, 0) is 24.3 Å². The number of ether oxygens (including phenoxy) is 1. The highest BCUT2D eigenvalue weighted by Gasteiger charge is 2.33. The Kier molecular flexibility index (Phi) is 6.72. The first-order chi connectivity index (χ1) is 15.1. The first kappa shape index (κ1) is 23.1. The van der Waals surface area contributed by atoms with Crippen LogP contribution in [-0.4, -0.2) is 54.4 Å². The number of hydrogen-bond acceptors (Lipinski definition) is 8. The zero-order valence-electron chi connectivity index (χ0n) is 17.4. The molecule has 0 fully saturated rings. The summed E-state index contributed by atoms with van der Waals surface area (Å²) >= 11 is 0. The van der Waals surface area contributed by atoms with Crippen LogP contribution in [0.2, 0.25) is 0 Å². The van der Waals surface area contributed by atoms with Crippen LogP contribution in [0, 0.1) is 10.1 Å². The topological polar surface area (TPSA) is 148 Å². The van der Waals surface area contributed by atoms with E-state index in [1.54, 1.807) is 32.2 Å². The van der Waals surface area contributed by atoms with Crippen molar-refractivity contribution in [3.63, 3.8) is 0 Å². The summed E-state index contributed by atoms with van der Waals surface area (Å²) in [6.07, 6.45) is 3.80. The number of sulfonamides is 1. The number of rotatable bonds is 7. The molecule has 170 valence electrons. The quantitative estimate of drug-likeness (QED) is 0.365. The fraction of sp³-hybridized carbons (Fsp3) is 0.350. The minimum Gasteiger partial charge on any atom is -0.463 e. The third-order valence-corrected chi connectivity index (χ3v) is 5.80. The molecule has 32 heavy (non-hydrogen) atoms. The lowest BCUT2D eigenvalue weighted by Crippen LogP contribution is -2.43. The van der Waals surface area contributed by atoms with Gasteiger partial charge in [-0.25, -0.2) is 8.42 Å². The van der Waals surface area contributed by atoms with Gasteiger partial charge in [-0.2, -0.15) is 0 Å². The van der Waals surface area contributed by atoms with E-state index in [2.05, 4.69) is 9.71 Å². The number of carbonyl (C=O) groups excluding carboxylic acids is 2. The number of benzene rings is 1. The van der Waals surface area contributed by atoms with Crippen LogP contribution in [0.15, 0.2) is 52.6 Å². The lowest BCUT2D eigenvalue weighted by molar-refractivity contribution is -0.385. The minimum atomic E-state index is -3.72. The van der Waals surface area contributed by atoms with Crippen LogP contribution in [0.25, 0.3) is 0 Å². The molecule has 12 heteroatoms. The van der Waals surface area contributed by atoms with Gasteiger partial charge in [0.25, 0.3) is 21.6 Å². The van der Waals surface area contributed by atoms with Crippen LogP contribution in [0.4, 0.5) is 5.69 Å². The van der Waals surface area contributed by atoms with E-state index >= 15 is 0 Å². The first-order valence-corrected chi connectivity index (χ1v) is 11.4. The third kappa shape index (κ3) is 5.38.